The van der Waals surface area contributed by atoms with Crippen LogP contribution in [0.3, 0.4) is 0 Å². The average molecular weight is 316 g/mol. The molecule has 0 radical (unpaired) electrons. The first kappa shape index (κ1) is 15.6. The maximum Gasteiger partial charge on any atom is 0.216 e. The summed E-state index contributed by atoms with van der Waals surface area (Å²) in [5, 5.41) is 13.9. The van der Waals surface area contributed by atoms with E-state index in [1.165, 1.54) is 32.1 Å². The number of H-pyrrole nitrogens is 1. The summed E-state index contributed by atoms with van der Waals surface area (Å²) in [7, 11) is 1.81. The minimum atomic E-state index is 0.547. The predicted molar refractivity (Wildman–Crippen MR) is 89.2 cm³/mol. The van der Waals surface area contributed by atoms with Crippen LogP contribution in [0.5, 0.6) is 0 Å². The first-order valence-electron chi connectivity index (χ1n) is 8.27. The van der Waals surface area contributed by atoms with Crippen LogP contribution in [0, 0.1) is 0 Å². The van der Waals surface area contributed by atoms with E-state index in [9.17, 15) is 0 Å². The molecule has 124 valence electrons. The van der Waals surface area contributed by atoms with E-state index in [1.54, 1.807) is 6.26 Å². The topological polar surface area (TPSA) is 91.1 Å². The highest BCUT2D eigenvalue weighted by atomic mass is 16.3. The van der Waals surface area contributed by atoms with E-state index < -0.39 is 0 Å². The van der Waals surface area contributed by atoms with Gasteiger partial charge in [0.05, 0.1) is 6.26 Å². The van der Waals surface area contributed by atoms with Crippen molar-refractivity contribution in [2.24, 2.45) is 4.99 Å². The van der Waals surface area contributed by atoms with Crippen molar-refractivity contribution in [3.8, 4) is 11.6 Å². The largest absolute Gasteiger partial charge is 0.461 e. The van der Waals surface area contributed by atoms with E-state index >= 15 is 0 Å². The Kier molecular flexibility index (Phi) is 5.29. The second-order valence-corrected chi connectivity index (χ2v) is 5.81. The number of guanidine groups is 1. The summed E-state index contributed by atoms with van der Waals surface area (Å²) in [5.41, 5.74) is 0. The van der Waals surface area contributed by atoms with Gasteiger partial charge in [0, 0.05) is 26.1 Å². The molecule has 1 aliphatic rings. The molecule has 1 saturated carbocycles. The molecular formula is C16H24N6O. The quantitative estimate of drug-likeness (QED) is 0.580. The summed E-state index contributed by atoms with van der Waals surface area (Å²) < 4.78 is 5.29. The molecule has 1 fully saturated rings. The maximum atomic E-state index is 5.29. The number of rotatable bonds is 5. The highest BCUT2D eigenvalue weighted by Gasteiger charge is 2.14. The molecule has 0 unspecified atom stereocenters. The lowest BCUT2D eigenvalue weighted by Gasteiger charge is -2.24. The second kappa shape index (κ2) is 7.80. The van der Waals surface area contributed by atoms with E-state index in [0.717, 1.165) is 24.7 Å². The van der Waals surface area contributed by atoms with Crippen LogP contribution in [-0.2, 0) is 6.42 Å². The third kappa shape index (κ3) is 4.34. The van der Waals surface area contributed by atoms with E-state index in [4.69, 9.17) is 4.42 Å². The summed E-state index contributed by atoms with van der Waals surface area (Å²) in [6, 6.07) is 4.22. The van der Waals surface area contributed by atoms with Gasteiger partial charge in [-0.3, -0.25) is 10.1 Å². The first-order chi connectivity index (χ1) is 11.3. The molecule has 7 heteroatoms. The number of aromatic amines is 1. The SMILES string of the molecule is CN=C(NCCc1nc(-c2ccco2)n[nH]1)NC1CCCCC1. The number of furan rings is 1. The van der Waals surface area contributed by atoms with Gasteiger partial charge < -0.3 is 15.1 Å². The summed E-state index contributed by atoms with van der Waals surface area (Å²) in [4.78, 5) is 8.72. The Balaban J connectivity index is 1.44. The molecule has 2 aromatic heterocycles. The Hall–Kier alpha value is -2.31. The molecule has 0 bridgehead atoms. The molecule has 1 aliphatic carbocycles. The summed E-state index contributed by atoms with van der Waals surface area (Å²) >= 11 is 0. The highest BCUT2D eigenvalue weighted by Crippen LogP contribution is 2.17. The minimum absolute atomic E-state index is 0.547. The zero-order valence-electron chi connectivity index (χ0n) is 13.5. The zero-order valence-corrected chi connectivity index (χ0v) is 13.5. The third-order valence-corrected chi connectivity index (χ3v) is 4.10. The van der Waals surface area contributed by atoms with Crippen LogP contribution < -0.4 is 10.6 Å². The molecule has 0 saturated heterocycles. The normalized spacial score (nSPS) is 16.5. The number of aromatic nitrogens is 3. The fraction of sp³-hybridized carbons (Fsp3) is 0.562. The maximum absolute atomic E-state index is 5.29. The van der Waals surface area contributed by atoms with Gasteiger partial charge in [-0.15, -0.1) is 0 Å². The fourth-order valence-electron chi connectivity index (χ4n) is 2.86. The number of nitrogens with zero attached hydrogens (tertiary/aromatic N) is 3. The number of hydrogen-bond donors (Lipinski definition) is 3. The van der Waals surface area contributed by atoms with Crippen LogP contribution in [0.25, 0.3) is 11.6 Å². The minimum Gasteiger partial charge on any atom is -0.461 e. The summed E-state index contributed by atoms with van der Waals surface area (Å²) in [6.45, 7) is 0.749. The number of nitrogens with one attached hydrogen (secondary N) is 3. The summed E-state index contributed by atoms with van der Waals surface area (Å²) in [6.07, 6.45) is 8.80. The van der Waals surface area contributed by atoms with Crippen molar-refractivity contribution in [3.63, 3.8) is 0 Å². The Morgan fingerprint density at radius 2 is 2.26 bits per heavy atom. The average Bonchev–Trinajstić information content (AvgIpc) is 3.26. The van der Waals surface area contributed by atoms with Crippen LogP contribution in [0.2, 0.25) is 0 Å². The van der Waals surface area contributed by atoms with Crippen molar-refractivity contribution in [2.45, 2.75) is 44.6 Å². The summed E-state index contributed by atoms with van der Waals surface area (Å²) in [5.74, 6) is 2.96. The van der Waals surface area contributed by atoms with Crippen molar-refractivity contribution < 1.29 is 4.42 Å². The second-order valence-electron chi connectivity index (χ2n) is 5.81. The van der Waals surface area contributed by atoms with Gasteiger partial charge in [-0.25, -0.2) is 4.98 Å². The van der Waals surface area contributed by atoms with Crippen LogP contribution in [0.4, 0.5) is 0 Å². The smallest absolute Gasteiger partial charge is 0.216 e. The molecule has 23 heavy (non-hydrogen) atoms. The molecule has 2 heterocycles. The predicted octanol–water partition coefficient (Wildman–Crippen LogP) is 2.10. The monoisotopic (exact) mass is 316 g/mol. The molecular weight excluding hydrogens is 292 g/mol. The number of hydrogen-bond acceptors (Lipinski definition) is 4. The Labute approximate surface area is 136 Å². The van der Waals surface area contributed by atoms with Gasteiger partial charge in [-0.1, -0.05) is 19.3 Å². The molecule has 0 spiro atoms. The van der Waals surface area contributed by atoms with Gasteiger partial charge >= 0.3 is 0 Å². The highest BCUT2D eigenvalue weighted by molar-refractivity contribution is 5.79. The number of aliphatic imine (C=N–C) groups is 1. The Bertz CT molecular complexity index is 612. The van der Waals surface area contributed by atoms with E-state index in [0.29, 0.717) is 17.6 Å². The zero-order chi connectivity index (χ0) is 15.9. The molecule has 0 atom stereocenters. The Morgan fingerprint density at radius 1 is 1.39 bits per heavy atom. The van der Waals surface area contributed by atoms with E-state index in [1.807, 2.05) is 19.2 Å². The fourth-order valence-corrected chi connectivity index (χ4v) is 2.86. The lowest BCUT2D eigenvalue weighted by atomic mass is 9.96. The molecule has 0 aliphatic heterocycles. The molecule has 0 aromatic carbocycles. The standard InChI is InChI=1S/C16H24N6O/c1-17-16(19-12-6-3-2-4-7-12)18-10-9-14-20-15(22-21-14)13-8-5-11-23-13/h5,8,11-12H,2-4,6-7,9-10H2,1H3,(H2,17,18,19)(H,20,21,22). The Morgan fingerprint density at radius 3 is 3.00 bits per heavy atom. The van der Waals surface area contributed by atoms with Crippen molar-refractivity contribution >= 4 is 5.96 Å². The van der Waals surface area contributed by atoms with Gasteiger partial charge in [0.2, 0.25) is 5.82 Å². The molecule has 3 N–H and O–H groups in total. The van der Waals surface area contributed by atoms with Gasteiger partial charge in [-0.05, 0) is 25.0 Å². The van der Waals surface area contributed by atoms with Gasteiger partial charge in [0.15, 0.2) is 11.7 Å². The van der Waals surface area contributed by atoms with E-state index in [2.05, 4.69) is 30.8 Å². The van der Waals surface area contributed by atoms with Crippen molar-refractivity contribution in [3.05, 3.63) is 24.2 Å². The van der Waals surface area contributed by atoms with Crippen LogP contribution in [0.1, 0.15) is 37.9 Å². The molecule has 0 amide bonds. The molecule has 7 nitrogen and oxygen atoms in total. The lowest BCUT2D eigenvalue weighted by Crippen LogP contribution is -2.44. The van der Waals surface area contributed by atoms with Crippen molar-refractivity contribution in [1.29, 1.82) is 0 Å². The van der Waals surface area contributed by atoms with Crippen LogP contribution >= 0.6 is 0 Å². The van der Waals surface area contributed by atoms with Gasteiger partial charge in [0.25, 0.3) is 0 Å². The van der Waals surface area contributed by atoms with Gasteiger partial charge in [0.1, 0.15) is 5.82 Å². The third-order valence-electron chi connectivity index (χ3n) is 4.10. The van der Waals surface area contributed by atoms with E-state index in [-0.39, 0.29) is 0 Å². The molecule has 2 aromatic rings. The first-order valence-corrected chi connectivity index (χ1v) is 8.27. The van der Waals surface area contributed by atoms with Crippen LogP contribution in [0.15, 0.2) is 27.8 Å². The van der Waals surface area contributed by atoms with Crippen molar-refractivity contribution in [1.82, 2.24) is 25.8 Å². The van der Waals surface area contributed by atoms with Crippen LogP contribution in [-0.4, -0.2) is 40.8 Å². The van der Waals surface area contributed by atoms with Crippen molar-refractivity contribution in [2.75, 3.05) is 13.6 Å². The lowest BCUT2D eigenvalue weighted by molar-refractivity contribution is 0.410. The van der Waals surface area contributed by atoms with Gasteiger partial charge in [-0.2, -0.15) is 5.10 Å². The molecule has 3 rings (SSSR count).